The van der Waals surface area contributed by atoms with Crippen molar-refractivity contribution in [2.75, 3.05) is 27.2 Å². The first-order chi connectivity index (χ1) is 12.5. The van der Waals surface area contributed by atoms with Gasteiger partial charge in [0.05, 0.1) is 27.2 Å². The van der Waals surface area contributed by atoms with Crippen LogP contribution in [0.5, 0.6) is 0 Å². The zero-order valence-corrected chi connectivity index (χ0v) is 19.6. The average molecular weight is 467 g/mol. The third-order valence-electron chi connectivity index (χ3n) is 5.08. The second-order valence-corrected chi connectivity index (χ2v) is 9.26. The number of benzene rings is 2. The molecule has 1 nitrogen and oxygen atoms in total. The first kappa shape index (κ1) is 22.5. The van der Waals surface area contributed by atoms with Crippen molar-refractivity contribution >= 4 is 28.9 Å². The van der Waals surface area contributed by atoms with Crippen LogP contribution in [-0.4, -0.2) is 31.7 Å². The van der Waals surface area contributed by atoms with E-state index in [-0.39, 0.29) is 17.0 Å². The van der Waals surface area contributed by atoms with Crippen molar-refractivity contribution in [3.63, 3.8) is 0 Å². The lowest BCUT2D eigenvalue weighted by molar-refractivity contribution is -0.890. The molecule has 4 heteroatoms. The molecule has 0 spiro atoms. The van der Waals surface area contributed by atoms with Gasteiger partial charge in [0.15, 0.2) is 0 Å². The zero-order chi connectivity index (χ0) is 18.6. The van der Waals surface area contributed by atoms with Gasteiger partial charge < -0.3 is 21.5 Å². The Labute approximate surface area is 184 Å². The van der Waals surface area contributed by atoms with Gasteiger partial charge in [-0.15, -0.1) is 0 Å². The number of quaternary nitrogens is 1. The molecule has 0 amide bonds. The molecule has 0 unspecified atom stereocenters. The van der Waals surface area contributed by atoms with Crippen LogP contribution in [0.3, 0.4) is 0 Å². The molecule has 0 N–H and O–H groups in total. The largest absolute Gasteiger partial charge is 1.00 e. The molecular formula is C23H29BrClNS. The molecule has 3 rings (SSSR count). The first-order valence-electron chi connectivity index (χ1n) is 9.59. The minimum absolute atomic E-state index is 0. The van der Waals surface area contributed by atoms with Gasteiger partial charge in [-0.2, -0.15) is 0 Å². The van der Waals surface area contributed by atoms with Crippen LogP contribution in [0, 0.1) is 0 Å². The van der Waals surface area contributed by atoms with Crippen molar-refractivity contribution in [1.82, 2.24) is 0 Å². The summed E-state index contributed by atoms with van der Waals surface area (Å²) in [5.74, 6) is 0. The summed E-state index contributed by atoms with van der Waals surface area (Å²) in [6, 6.07) is 15.0. The van der Waals surface area contributed by atoms with Gasteiger partial charge in [0.25, 0.3) is 0 Å². The average Bonchev–Trinajstić information content (AvgIpc) is 2.61. The van der Waals surface area contributed by atoms with Gasteiger partial charge in [0, 0.05) is 21.2 Å². The number of unbranched alkanes of at least 4 members (excludes halogenated alkanes) is 2. The highest BCUT2D eigenvalue weighted by atomic mass is 79.9. The van der Waals surface area contributed by atoms with Crippen LogP contribution in [0.15, 0.2) is 58.3 Å². The summed E-state index contributed by atoms with van der Waals surface area (Å²) in [5.41, 5.74) is 3.95. The topological polar surface area (TPSA) is 0 Å². The fourth-order valence-corrected chi connectivity index (χ4v) is 4.78. The summed E-state index contributed by atoms with van der Waals surface area (Å²) in [5, 5.41) is 0.810. The van der Waals surface area contributed by atoms with Gasteiger partial charge in [-0.05, 0) is 53.8 Å². The summed E-state index contributed by atoms with van der Waals surface area (Å²) in [6.45, 7) is 4.69. The van der Waals surface area contributed by atoms with E-state index in [4.69, 9.17) is 11.6 Å². The van der Waals surface area contributed by atoms with Crippen molar-refractivity contribution in [3.8, 4) is 0 Å². The molecule has 0 radical (unpaired) electrons. The molecule has 0 fully saturated rings. The van der Waals surface area contributed by atoms with Gasteiger partial charge in [-0.1, -0.05) is 61.0 Å². The summed E-state index contributed by atoms with van der Waals surface area (Å²) < 4.78 is 1.09. The van der Waals surface area contributed by atoms with E-state index in [2.05, 4.69) is 63.5 Å². The molecular weight excluding hydrogens is 438 g/mol. The number of hydrogen-bond donors (Lipinski definition) is 0. The molecule has 27 heavy (non-hydrogen) atoms. The number of rotatable bonds is 7. The molecule has 2 aromatic rings. The van der Waals surface area contributed by atoms with E-state index in [9.17, 15) is 0 Å². The lowest BCUT2D eigenvalue weighted by atomic mass is 9.96. The maximum absolute atomic E-state index is 6.31. The highest BCUT2D eigenvalue weighted by Crippen LogP contribution is 2.46. The first-order valence-corrected chi connectivity index (χ1v) is 10.8. The smallest absolute Gasteiger partial charge is 0.0817 e. The van der Waals surface area contributed by atoms with Crippen LogP contribution in [0.2, 0.25) is 5.02 Å². The van der Waals surface area contributed by atoms with Crippen LogP contribution < -0.4 is 17.0 Å². The number of hydrogen-bond acceptors (Lipinski definition) is 1. The van der Waals surface area contributed by atoms with Gasteiger partial charge in [-0.25, -0.2) is 0 Å². The summed E-state index contributed by atoms with van der Waals surface area (Å²) in [4.78, 5) is 2.64. The lowest BCUT2D eigenvalue weighted by Gasteiger charge is -2.30. The molecule has 1 heterocycles. The van der Waals surface area contributed by atoms with Crippen molar-refractivity contribution in [2.45, 2.75) is 42.4 Å². The van der Waals surface area contributed by atoms with E-state index in [0.29, 0.717) is 0 Å². The van der Waals surface area contributed by atoms with E-state index in [1.807, 2.05) is 17.8 Å². The Morgan fingerprint density at radius 1 is 0.963 bits per heavy atom. The predicted molar refractivity (Wildman–Crippen MR) is 115 cm³/mol. The molecule has 146 valence electrons. The standard InChI is InChI=1S/C23H29ClNS.BrH/c1-4-5-8-15-25(2,3)16-9-11-19-20-10-6-7-12-22(20)26-23-14-13-18(24)17-21(19)23;/h6-7,10-14,17H,4-5,8-9,15-16H2,1-3H3;1H/q+1;/p-1. The second kappa shape index (κ2) is 10.2. The molecule has 0 bridgehead atoms. The van der Waals surface area contributed by atoms with Crippen LogP contribution in [0.4, 0.5) is 0 Å². The fourth-order valence-electron chi connectivity index (χ4n) is 3.52. The molecule has 0 atom stereocenters. The maximum atomic E-state index is 6.31. The minimum Gasteiger partial charge on any atom is -1.00 e. The third kappa shape index (κ3) is 5.87. The van der Waals surface area contributed by atoms with Gasteiger partial charge in [0.2, 0.25) is 0 Å². The Balaban J connectivity index is 0.00000261. The molecule has 1 aliphatic heterocycles. The van der Waals surface area contributed by atoms with E-state index >= 15 is 0 Å². The second-order valence-electron chi connectivity index (χ2n) is 7.74. The van der Waals surface area contributed by atoms with Crippen LogP contribution in [-0.2, 0) is 0 Å². The molecule has 0 aliphatic carbocycles. The van der Waals surface area contributed by atoms with E-state index < -0.39 is 0 Å². The lowest BCUT2D eigenvalue weighted by Crippen LogP contribution is -3.00. The third-order valence-corrected chi connectivity index (χ3v) is 6.47. The van der Waals surface area contributed by atoms with E-state index in [0.717, 1.165) is 15.9 Å². The Hall–Kier alpha value is -0.740. The highest BCUT2D eigenvalue weighted by Gasteiger charge is 2.21. The van der Waals surface area contributed by atoms with Crippen molar-refractivity contribution in [3.05, 3.63) is 64.7 Å². The highest BCUT2D eigenvalue weighted by molar-refractivity contribution is 7.99. The van der Waals surface area contributed by atoms with E-state index in [1.165, 1.54) is 58.8 Å². The Kier molecular flexibility index (Phi) is 8.48. The quantitative estimate of drug-likeness (QED) is 0.376. The zero-order valence-electron chi connectivity index (χ0n) is 16.5. The number of nitrogens with zero attached hydrogens (tertiary/aromatic N) is 1. The van der Waals surface area contributed by atoms with Gasteiger partial charge in [-0.3, -0.25) is 0 Å². The van der Waals surface area contributed by atoms with Gasteiger partial charge in [0.1, 0.15) is 0 Å². The van der Waals surface area contributed by atoms with Crippen molar-refractivity contribution < 1.29 is 21.5 Å². The Morgan fingerprint density at radius 3 is 2.48 bits per heavy atom. The normalized spacial score (nSPS) is 14.4. The number of fused-ring (bicyclic) bond motifs is 2. The Bertz CT molecular complexity index is 801. The summed E-state index contributed by atoms with van der Waals surface area (Å²) >= 11 is 8.15. The predicted octanol–water partition coefficient (Wildman–Crippen LogP) is 3.90. The van der Waals surface area contributed by atoms with Crippen molar-refractivity contribution in [1.29, 1.82) is 0 Å². The van der Waals surface area contributed by atoms with Crippen molar-refractivity contribution in [2.24, 2.45) is 0 Å². The molecule has 0 saturated carbocycles. The molecule has 1 aliphatic rings. The number of halogens is 2. The fraction of sp³-hybridized carbons (Fsp3) is 0.391. The Morgan fingerprint density at radius 2 is 1.70 bits per heavy atom. The van der Waals surface area contributed by atoms with Gasteiger partial charge >= 0.3 is 0 Å². The monoisotopic (exact) mass is 465 g/mol. The SMILES string of the molecule is CCCCC[N+](C)(C)CCC=C1c2ccccc2Sc2ccc(Cl)cc21.[Br-]. The molecule has 0 saturated heterocycles. The summed E-state index contributed by atoms with van der Waals surface area (Å²) in [7, 11) is 4.70. The van der Waals surface area contributed by atoms with E-state index in [1.54, 1.807) is 0 Å². The summed E-state index contributed by atoms with van der Waals surface area (Å²) in [6.07, 6.45) is 7.44. The molecule has 2 aromatic carbocycles. The minimum atomic E-state index is 0. The van der Waals surface area contributed by atoms with Crippen LogP contribution in [0.25, 0.3) is 5.57 Å². The molecule has 0 aromatic heterocycles. The van der Waals surface area contributed by atoms with Crippen LogP contribution in [0.1, 0.15) is 43.7 Å². The van der Waals surface area contributed by atoms with Crippen LogP contribution >= 0.6 is 23.4 Å². The maximum Gasteiger partial charge on any atom is 0.0817 e.